The summed E-state index contributed by atoms with van der Waals surface area (Å²) in [6.07, 6.45) is 79.1. The van der Waals surface area contributed by atoms with Crippen LogP contribution in [0.2, 0.25) is 0 Å². The number of hydrogen-bond donors (Lipinski definition) is 3. The van der Waals surface area contributed by atoms with Gasteiger partial charge in [-0.05, 0) is 38.0 Å². The van der Waals surface area contributed by atoms with Gasteiger partial charge in [-0.15, -0.1) is 0 Å². The second kappa shape index (κ2) is 65.3. The van der Waals surface area contributed by atoms with Crippen molar-refractivity contribution in [3.63, 3.8) is 0 Å². The van der Waals surface area contributed by atoms with E-state index in [1.165, 1.54) is 334 Å². The summed E-state index contributed by atoms with van der Waals surface area (Å²) in [5, 5.41) is 27.6. The van der Waals surface area contributed by atoms with Crippen LogP contribution in [-0.2, 0) is 4.79 Å². The third-order valence-electron chi connectivity index (χ3n) is 15.3. The highest BCUT2D eigenvalue weighted by Gasteiger charge is 2.14. The number of carbonyl (C=O) groups excluding carboxylic acids is 1. The lowest BCUT2D eigenvalue weighted by Crippen LogP contribution is -2.28. The Morgan fingerprint density at radius 3 is 0.754 bits per heavy atom. The van der Waals surface area contributed by atoms with E-state index in [2.05, 4.69) is 32.9 Å². The molecule has 0 aliphatic heterocycles. The summed E-state index contributed by atoms with van der Waals surface area (Å²) in [4.78, 5) is 11.1. The first-order valence-corrected chi connectivity index (χ1v) is 32.1. The smallest absolute Gasteiger partial charge is 0.120 e. The second-order valence-electron chi connectivity index (χ2n) is 22.3. The Bertz CT molecular complexity index is 920. The molecule has 0 aromatic rings. The van der Waals surface area contributed by atoms with Gasteiger partial charge < -0.3 is 20.1 Å². The standard InChI is InChI=1S/C40H78O.C25H52O3/c1-3-5-7-9-11-13-15-17-18-19-20-21-22-23-25-27-29-31-33-35-37-40(38-39-41)36-34-32-30-28-26-24-16-14-12-10-8-6-4-2;1-2-3-4-5-6-7-8-9-10-11-12-13-14-15-16-17-18-19-20-21-22-24(27)25(28)23-26/h24,26,39-40H,3-23,25,27-38H2,1-2H3;24-28H,2-23H2,1H3. The Kier molecular flexibility index (Phi) is 66.6. The van der Waals surface area contributed by atoms with E-state index < -0.39 is 12.2 Å². The molecule has 3 N–H and O–H groups in total. The fourth-order valence-corrected chi connectivity index (χ4v) is 10.3. The molecule has 0 amide bonds. The maximum absolute atomic E-state index is 11.1. The lowest BCUT2D eigenvalue weighted by molar-refractivity contribution is -0.108. The van der Waals surface area contributed by atoms with Crippen LogP contribution in [0, 0.1) is 5.92 Å². The monoisotopic (exact) mass is 975 g/mol. The molecule has 0 aromatic heterocycles. The summed E-state index contributed by atoms with van der Waals surface area (Å²) in [7, 11) is 0. The minimum atomic E-state index is -0.972. The number of aliphatic hydroxyl groups is 3. The van der Waals surface area contributed by atoms with Gasteiger partial charge in [-0.1, -0.05) is 348 Å². The van der Waals surface area contributed by atoms with Crippen LogP contribution in [0.25, 0.3) is 0 Å². The Labute approximate surface area is 435 Å². The number of rotatable bonds is 59. The van der Waals surface area contributed by atoms with E-state index in [0.717, 1.165) is 19.3 Å². The molecule has 3 unspecified atom stereocenters. The van der Waals surface area contributed by atoms with Crippen molar-refractivity contribution in [2.75, 3.05) is 6.61 Å². The van der Waals surface area contributed by atoms with Crippen LogP contribution in [0.4, 0.5) is 0 Å². The van der Waals surface area contributed by atoms with Crippen LogP contribution in [0.5, 0.6) is 0 Å². The summed E-state index contributed by atoms with van der Waals surface area (Å²) in [5.74, 6) is 0.645. The molecule has 0 saturated carbocycles. The highest BCUT2D eigenvalue weighted by Crippen LogP contribution is 2.22. The van der Waals surface area contributed by atoms with Gasteiger partial charge in [-0.2, -0.15) is 0 Å². The molecule has 0 aliphatic rings. The van der Waals surface area contributed by atoms with Crippen LogP contribution < -0.4 is 0 Å². The minimum Gasteiger partial charge on any atom is -0.394 e. The maximum Gasteiger partial charge on any atom is 0.120 e. The normalized spacial score (nSPS) is 13.0. The first kappa shape index (κ1) is 70.4. The molecule has 0 aromatic carbocycles. The molecular formula is C65H130O4. The zero-order valence-electron chi connectivity index (χ0n) is 47.8. The Morgan fingerprint density at radius 1 is 0.290 bits per heavy atom. The van der Waals surface area contributed by atoms with Crippen LogP contribution in [-0.4, -0.2) is 40.4 Å². The fourth-order valence-electron chi connectivity index (χ4n) is 10.3. The Balaban J connectivity index is 0. The van der Waals surface area contributed by atoms with Crippen molar-refractivity contribution >= 4 is 6.29 Å². The number of unbranched alkanes of at least 4 members (excludes halogenated alkanes) is 47. The van der Waals surface area contributed by atoms with E-state index in [0.29, 0.717) is 12.3 Å². The van der Waals surface area contributed by atoms with Crippen molar-refractivity contribution in [2.24, 2.45) is 5.92 Å². The minimum absolute atomic E-state index is 0.347. The average molecular weight is 976 g/mol. The summed E-state index contributed by atoms with van der Waals surface area (Å²) in [6, 6.07) is 0. The fraction of sp³-hybridized carbons (Fsp3) is 0.954. The van der Waals surface area contributed by atoms with Crippen molar-refractivity contribution in [1.82, 2.24) is 0 Å². The van der Waals surface area contributed by atoms with Crippen molar-refractivity contribution in [3.8, 4) is 0 Å². The maximum atomic E-state index is 11.1. The summed E-state index contributed by atoms with van der Waals surface area (Å²) >= 11 is 0. The average Bonchev–Trinajstić information content (AvgIpc) is 3.36. The topological polar surface area (TPSA) is 77.8 Å². The molecule has 414 valence electrons. The van der Waals surface area contributed by atoms with E-state index in [1.807, 2.05) is 0 Å². The molecule has 0 radical (unpaired) electrons. The van der Waals surface area contributed by atoms with Crippen LogP contribution in [0.3, 0.4) is 0 Å². The van der Waals surface area contributed by atoms with Gasteiger partial charge in [0, 0.05) is 6.42 Å². The van der Waals surface area contributed by atoms with Gasteiger partial charge in [0.05, 0.1) is 12.7 Å². The van der Waals surface area contributed by atoms with Crippen LogP contribution >= 0.6 is 0 Å². The predicted octanol–water partition coefficient (Wildman–Crippen LogP) is 21.6. The highest BCUT2D eigenvalue weighted by atomic mass is 16.4. The van der Waals surface area contributed by atoms with Gasteiger partial charge in [0.15, 0.2) is 0 Å². The van der Waals surface area contributed by atoms with Gasteiger partial charge in [-0.25, -0.2) is 0 Å². The molecule has 69 heavy (non-hydrogen) atoms. The second-order valence-corrected chi connectivity index (χ2v) is 22.3. The molecule has 3 atom stereocenters. The lowest BCUT2D eigenvalue weighted by atomic mass is 9.92. The van der Waals surface area contributed by atoms with Gasteiger partial charge >= 0.3 is 0 Å². The quantitative estimate of drug-likeness (QED) is 0.0322. The number of aliphatic hydroxyl groups excluding tert-OH is 3. The molecule has 0 spiro atoms. The van der Waals surface area contributed by atoms with Crippen molar-refractivity contribution in [2.45, 2.75) is 386 Å². The van der Waals surface area contributed by atoms with E-state index in [4.69, 9.17) is 5.11 Å². The van der Waals surface area contributed by atoms with E-state index in [9.17, 15) is 15.0 Å². The highest BCUT2D eigenvalue weighted by molar-refractivity contribution is 5.49. The molecule has 0 fully saturated rings. The summed E-state index contributed by atoms with van der Waals surface area (Å²) in [6.45, 7) is 6.53. The van der Waals surface area contributed by atoms with Gasteiger partial charge in [0.2, 0.25) is 0 Å². The molecule has 4 nitrogen and oxygen atoms in total. The Morgan fingerprint density at radius 2 is 0.507 bits per heavy atom. The molecule has 0 aliphatic carbocycles. The van der Waals surface area contributed by atoms with Crippen molar-refractivity contribution in [1.29, 1.82) is 0 Å². The zero-order valence-corrected chi connectivity index (χ0v) is 47.8. The number of allylic oxidation sites excluding steroid dienone is 2. The van der Waals surface area contributed by atoms with Gasteiger partial charge in [0.25, 0.3) is 0 Å². The Hall–Kier alpha value is -0.710. The van der Waals surface area contributed by atoms with E-state index in [1.54, 1.807) is 0 Å². The van der Waals surface area contributed by atoms with Gasteiger partial charge in [-0.3, -0.25) is 0 Å². The molecule has 0 saturated heterocycles. The van der Waals surface area contributed by atoms with Gasteiger partial charge in [0.1, 0.15) is 12.4 Å². The zero-order chi connectivity index (χ0) is 50.5. The summed E-state index contributed by atoms with van der Waals surface area (Å²) in [5.41, 5.74) is 0. The molecule has 0 heterocycles. The summed E-state index contributed by atoms with van der Waals surface area (Å²) < 4.78 is 0. The molecular weight excluding hydrogens is 845 g/mol. The molecule has 4 heteroatoms. The third kappa shape index (κ3) is 63.3. The van der Waals surface area contributed by atoms with E-state index in [-0.39, 0.29) is 6.61 Å². The van der Waals surface area contributed by atoms with Crippen molar-refractivity contribution in [3.05, 3.63) is 12.2 Å². The number of hydrogen-bond acceptors (Lipinski definition) is 4. The van der Waals surface area contributed by atoms with Crippen LogP contribution in [0.1, 0.15) is 374 Å². The van der Waals surface area contributed by atoms with Crippen LogP contribution in [0.15, 0.2) is 12.2 Å². The predicted molar refractivity (Wildman–Crippen MR) is 309 cm³/mol. The lowest BCUT2D eigenvalue weighted by Gasteiger charge is -2.14. The first-order valence-electron chi connectivity index (χ1n) is 32.1. The van der Waals surface area contributed by atoms with Crippen molar-refractivity contribution < 1.29 is 20.1 Å². The number of aldehydes is 1. The SMILES string of the molecule is CCCCCCCCC=CCCCCCC(CC=O)CCCCCCCCCCCCCCCCCCCCCC.CCCCCCCCCCCCCCCCCCCCCCC(O)C(O)CO. The third-order valence-corrected chi connectivity index (χ3v) is 15.3. The largest absolute Gasteiger partial charge is 0.394 e. The van der Waals surface area contributed by atoms with E-state index >= 15 is 0 Å². The molecule has 0 rings (SSSR count). The molecule has 0 bridgehead atoms. The first-order chi connectivity index (χ1) is 34.1. The number of carbonyl (C=O) groups is 1.